The van der Waals surface area contributed by atoms with Gasteiger partial charge in [0.1, 0.15) is 11.1 Å². The van der Waals surface area contributed by atoms with Gasteiger partial charge in [0.05, 0.1) is 11.2 Å². The Balaban J connectivity index is 1.66. The zero-order valence-corrected chi connectivity index (χ0v) is 13.8. The van der Waals surface area contributed by atoms with Gasteiger partial charge in [0, 0.05) is 19.6 Å². The normalized spacial score (nSPS) is 18.6. The molecular weight excluding hydrogens is 294 g/mol. The predicted octanol–water partition coefficient (Wildman–Crippen LogP) is 2.27. The van der Waals surface area contributed by atoms with E-state index in [0.717, 1.165) is 24.0 Å². The number of hydrogen-bond donors (Lipinski definition) is 1. The van der Waals surface area contributed by atoms with Crippen molar-refractivity contribution < 1.29 is 9.53 Å². The van der Waals surface area contributed by atoms with Gasteiger partial charge in [-0.05, 0) is 45.2 Å². The summed E-state index contributed by atoms with van der Waals surface area (Å²) in [5.41, 5.74) is 7.75. The third kappa shape index (κ3) is 3.38. The van der Waals surface area contributed by atoms with Crippen molar-refractivity contribution in [2.45, 2.75) is 39.3 Å². The van der Waals surface area contributed by atoms with Gasteiger partial charge in [-0.15, -0.1) is 5.10 Å². The predicted molar refractivity (Wildman–Crippen MR) is 87.9 cm³/mol. The minimum Gasteiger partial charge on any atom is -0.444 e. The Morgan fingerprint density at radius 2 is 2.22 bits per heavy atom. The maximum Gasteiger partial charge on any atom is 0.410 e. The number of nitrogen functional groups attached to an aromatic ring is 1. The van der Waals surface area contributed by atoms with Gasteiger partial charge in [-0.2, -0.15) is 0 Å². The summed E-state index contributed by atoms with van der Waals surface area (Å²) in [5, 5.41) is 8.35. The summed E-state index contributed by atoms with van der Waals surface area (Å²) in [6.07, 6.45) is 0.691. The molecule has 2 heterocycles. The molecule has 1 amide bonds. The molecule has 7 heteroatoms. The van der Waals surface area contributed by atoms with Crippen molar-refractivity contribution in [1.29, 1.82) is 0 Å². The van der Waals surface area contributed by atoms with Crippen molar-refractivity contribution >= 4 is 22.8 Å². The lowest BCUT2D eigenvalue weighted by Gasteiger charge is -2.24. The number of aromatic nitrogens is 3. The molecule has 23 heavy (non-hydrogen) atoms. The van der Waals surface area contributed by atoms with Gasteiger partial charge >= 0.3 is 6.09 Å². The minimum atomic E-state index is -0.463. The molecule has 0 aliphatic carbocycles. The van der Waals surface area contributed by atoms with Gasteiger partial charge in [0.15, 0.2) is 0 Å². The molecule has 0 saturated carbocycles. The number of amides is 1. The van der Waals surface area contributed by atoms with Crippen LogP contribution in [0.3, 0.4) is 0 Å². The largest absolute Gasteiger partial charge is 0.444 e. The molecule has 7 nitrogen and oxygen atoms in total. The lowest BCUT2D eigenvalue weighted by molar-refractivity contribution is 0.0287. The van der Waals surface area contributed by atoms with Gasteiger partial charge < -0.3 is 15.4 Å². The second kappa shape index (κ2) is 5.72. The average molecular weight is 317 g/mol. The fourth-order valence-electron chi connectivity index (χ4n) is 2.87. The molecule has 1 aromatic carbocycles. The number of hydrogen-bond acceptors (Lipinski definition) is 5. The summed E-state index contributed by atoms with van der Waals surface area (Å²) in [4.78, 5) is 13.9. The van der Waals surface area contributed by atoms with Crippen LogP contribution in [-0.4, -0.2) is 44.7 Å². The third-order valence-electron chi connectivity index (χ3n) is 3.95. The van der Waals surface area contributed by atoms with Gasteiger partial charge in [-0.3, -0.25) is 0 Å². The molecular formula is C16H23N5O2. The molecule has 2 aromatic rings. The fraction of sp³-hybridized carbons (Fsp3) is 0.562. The lowest BCUT2D eigenvalue weighted by Crippen LogP contribution is -2.35. The zero-order valence-electron chi connectivity index (χ0n) is 13.8. The second-order valence-electron chi connectivity index (χ2n) is 7.07. The number of likely N-dealkylation sites (tertiary alicyclic amines) is 1. The highest BCUT2D eigenvalue weighted by atomic mass is 16.6. The maximum atomic E-state index is 12.1. The monoisotopic (exact) mass is 317 g/mol. The standard InChI is InChI=1S/C16H23N5O2/c1-16(2,3)23-15(22)20-8-7-11(9-20)10-21-13-6-4-5-12(17)14(13)18-19-21/h4-6,11H,7-10,17H2,1-3H3. The number of fused-ring (bicyclic) bond motifs is 1. The zero-order chi connectivity index (χ0) is 16.6. The Morgan fingerprint density at radius 1 is 1.43 bits per heavy atom. The van der Waals surface area contributed by atoms with Gasteiger partial charge in [0.25, 0.3) is 0 Å². The van der Waals surface area contributed by atoms with Crippen molar-refractivity contribution in [3.8, 4) is 0 Å². The van der Waals surface area contributed by atoms with Crippen molar-refractivity contribution in [2.75, 3.05) is 18.8 Å². The molecule has 0 spiro atoms. The SMILES string of the molecule is CC(C)(C)OC(=O)N1CCC(Cn2nnc3c(N)cccc32)C1. The van der Waals surface area contributed by atoms with Gasteiger partial charge in [-0.1, -0.05) is 11.3 Å². The summed E-state index contributed by atoms with van der Waals surface area (Å²) >= 11 is 0. The van der Waals surface area contributed by atoms with Crippen molar-refractivity contribution in [3.05, 3.63) is 18.2 Å². The van der Waals surface area contributed by atoms with E-state index in [0.29, 0.717) is 24.7 Å². The molecule has 124 valence electrons. The van der Waals surface area contributed by atoms with Crippen LogP contribution < -0.4 is 5.73 Å². The number of carbonyl (C=O) groups is 1. The van der Waals surface area contributed by atoms with E-state index in [9.17, 15) is 4.79 Å². The Kier molecular flexibility index (Phi) is 3.87. The topological polar surface area (TPSA) is 86.3 Å². The Bertz CT molecular complexity index is 719. The van der Waals surface area contributed by atoms with E-state index in [1.54, 1.807) is 4.90 Å². The van der Waals surface area contributed by atoms with Gasteiger partial charge in [-0.25, -0.2) is 9.48 Å². The molecule has 3 rings (SSSR count). The number of nitrogens with zero attached hydrogens (tertiary/aromatic N) is 4. The Hall–Kier alpha value is -2.31. The summed E-state index contributed by atoms with van der Waals surface area (Å²) in [6, 6.07) is 5.69. The number of nitrogens with two attached hydrogens (primary N) is 1. The van der Waals surface area contributed by atoms with E-state index in [1.165, 1.54) is 0 Å². The quantitative estimate of drug-likeness (QED) is 0.859. The van der Waals surface area contributed by atoms with Crippen LogP contribution in [-0.2, 0) is 11.3 Å². The molecule has 1 atom stereocenters. The molecule has 2 N–H and O–H groups in total. The van der Waals surface area contributed by atoms with Crippen molar-refractivity contribution in [3.63, 3.8) is 0 Å². The van der Waals surface area contributed by atoms with E-state index in [-0.39, 0.29) is 6.09 Å². The van der Waals surface area contributed by atoms with Crippen LogP contribution in [0.25, 0.3) is 11.0 Å². The van der Waals surface area contributed by atoms with Crippen molar-refractivity contribution in [1.82, 2.24) is 19.9 Å². The number of benzene rings is 1. The number of ether oxygens (including phenoxy) is 1. The first-order chi connectivity index (χ1) is 10.8. The second-order valence-corrected chi connectivity index (χ2v) is 7.07. The molecule has 1 aliphatic heterocycles. The summed E-state index contributed by atoms with van der Waals surface area (Å²) in [7, 11) is 0. The maximum absolute atomic E-state index is 12.1. The van der Waals surface area contributed by atoms with Crippen LogP contribution in [0.5, 0.6) is 0 Å². The molecule has 0 bridgehead atoms. The van der Waals surface area contributed by atoms with Crippen LogP contribution in [0.2, 0.25) is 0 Å². The Morgan fingerprint density at radius 3 is 2.96 bits per heavy atom. The first-order valence-electron chi connectivity index (χ1n) is 7.89. The van der Waals surface area contributed by atoms with E-state index in [4.69, 9.17) is 10.5 Å². The molecule has 0 radical (unpaired) electrons. The molecule has 1 saturated heterocycles. The van der Waals surface area contributed by atoms with Gasteiger partial charge in [0.2, 0.25) is 0 Å². The van der Waals surface area contributed by atoms with Crippen LogP contribution >= 0.6 is 0 Å². The summed E-state index contributed by atoms with van der Waals surface area (Å²) < 4.78 is 7.30. The van der Waals surface area contributed by atoms with Crippen LogP contribution in [0.1, 0.15) is 27.2 Å². The van der Waals surface area contributed by atoms with Crippen LogP contribution in [0, 0.1) is 5.92 Å². The van der Waals surface area contributed by atoms with E-state index in [1.807, 2.05) is 43.7 Å². The smallest absolute Gasteiger partial charge is 0.410 e. The van der Waals surface area contributed by atoms with E-state index in [2.05, 4.69) is 10.3 Å². The van der Waals surface area contributed by atoms with Crippen LogP contribution in [0.15, 0.2) is 18.2 Å². The summed E-state index contributed by atoms with van der Waals surface area (Å²) in [5.74, 6) is 0.342. The highest BCUT2D eigenvalue weighted by Crippen LogP contribution is 2.23. The number of rotatable bonds is 2. The lowest BCUT2D eigenvalue weighted by atomic mass is 10.1. The van der Waals surface area contributed by atoms with E-state index < -0.39 is 5.60 Å². The highest BCUT2D eigenvalue weighted by Gasteiger charge is 2.30. The molecule has 1 aromatic heterocycles. The third-order valence-corrected chi connectivity index (χ3v) is 3.95. The Labute approximate surface area is 135 Å². The fourth-order valence-corrected chi connectivity index (χ4v) is 2.87. The van der Waals surface area contributed by atoms with Crippen LogP contribution in [0.4, 0.5) is 10.5 Å². The molecule has 1 fully saturated rings. The minimum absolute atomic E-state index is 0.243. The number of anilines is 1. The molecule has 1 aliphatic rings. The average Bonchev–Trinajstić information content (AvgIpc) is 3.06. The number of carbonyl (C=O) groups excluding carboxylic acids is 1. The first kappa shape index (κ1) is 15.6. The van der Waals surface area contributed by atoms with Crippen molar-refractivity contribution in [2.24, 2.45) is 5.92 Å². The van der Waals surface area contributed by atoms with E-state index >= 15 is 0 Å². The summed E-state index contributed by atoms with van der Waals surface area (Å²) in [6.45, 7) is 7.76. The first-order valence-corrected chi connectivity index (χ1v) is 7.89. The highest BCUT2D eigenvalue weighted by molar-refractivity contribution is 5.86. The molecule has 1 unspecified atom stereocenters.